The van der Waals surface area contributed by atoms with Crippen molar-refractivity contribution < 1.29 is 14.7 Å². The van der Waals surface area contributed by atoms with Crippen LogP contribution >= 0.6 is 0 Å². The lowest BCUT2D eigenvalue weighted by Gasteiger charge is -2.32. The van der Waals surface area contributed by atoms with Gasteiger partial charge in [-0.1, -0.05) is 0 Å². The quantitative estimate of drug-likeness (QED) is 0.528. The maximum Gasteiger partial charge on any atom is 0.322 e. The van der Waals surface area contributed by atoms with Crippen molar-refractivity contribution in [2.75, 3.05) is 6.54 Å². The lowest BCUT2D eigenvalue weighted by atomic mass is 10.1. The highest BCUT2D eigenvalue weighted by Gasteiger charge is 2.28. The molecule has 6 heteroatoms. The van der Waals surface area contributed by atoms with E-state index in [2.05, 4.69) is 5.43 Å². The minimum absolute atomic E-state index is 0.268. The van der Waals surface area contributed by atoms with E-state index in [1.54, 1.807) is 6.92 Å². The van der Waals surface area contributed by atoms with Crippen molar-refractivity contribution in [3.63, 3.8) is 0 Å². The maximum absolute atomic E-state index is 11.4. The number of carboxylic acid groups (broad SMARTS) is 1. The van der Waals surface area contributed by atoms with Crippen molar-refractivity contribution >= 4 is 11.9 Å². The van der Waals surface area contributed by atoms with Gasteiger partial charge in [0.1, 0.15) is 6.04 Å². The predicted octanol–water partition coefficient (Wildman–Crippen LogP) is -1.09. The van der Waals surface area contributed by atoms with Crippen LogP contribution in [-0.4, -0.2) is 40.6 Å². The molecule has 14 heavy (non-hydrogen) atoms. The zero-order chi connectivity index (χ0) is 10.7. The average Bonchev–Trinajstić information content (AvgIpc) is 2.16. The average molecular weight is 201 g/mol. The normalized spacial score (nSPS) is 24.4. The van der Waals surface area contributed by atoms with Crippen LogP contribution in [-0.2, 0) is 9.59 Å². The SMILES string of the molecule is CC(N)C(=O)N1CCC[C@@H](C(=O)O)N1. The summed E-state index contributed by atoms with van der Waals surface area (Å²) in [5.74, 6) is -1.21. The third-order valence-corrected chi connectivity index (χ3v) is 2.14. The summed E-state index contributed by atoms with van der Waals surface area (Å²) in [4.78, 5) is 22.1. The second-order valence-corrected chi connectivity index (χ2v) is 3.44. The summed E-state index contributed by atoms with van der Waals surface area (Å²) in [6.07, 6.45) is 1.22. The molecule has 1 aliphatic rings. The first-order valence-corrected chi connectivity index (χ1v) is 4.58. The van der Waals surface area contributed by atoms with Crippen molar-refractivity contribution in [3.05, 3.63) is 0 Å². The number of hydrazine groups is 1. The van der Waals surface area contributed by atoms with Gasteiger partial charge in [0, 0.05) is 6.54 Å². The molecule has 80 valence electrons. The molecule has 2 atom stereocenters. The molecular formula is C8H15N3O3. The lowest BCUT2D eigenvalue weighted by Crippen LogP contribution is -2.58. The third-order valence-electron chi connectivity index (χ3n) is 2.14. The monoisotopic (exact) mass is 201 g/mol. The van der Waals surface area contributed by atoms with Gasteiger partial charge in [0.25, 0.3) is 5.91 Å². The molecule has 1 aliphatic heterocycles. The molecule has 0 radical (unpaired) electrons. The molecule has 1 amide bonds. The van der Waals surface area contributed by atoms with E-state index in [1.807, 2.05) is 0 Å². The van der Waals surface area contributed by atoms with E-state index < -0.39 is 18.1 Å². The molecule has 0 saturated carbocycles. The molecule has 0 bridgehead atoms. The number of aliphatic carboxylic acids is 1. The Morgan fingerprint density at radius 2 is 2.29 bits per heavy atom. The highest BCUT2D eigenvalue weighted by molar-refractivity contribution is 5.82. The minimum atomic E-state index is -0.938. The number of nitrogens with one attached hydrogen (secondary N) is 1. The Labute approximate surface area is 82.0 Å². The molecule has 4 N–H and O–H groups in total. The fourth-order valence-corrected chi connectivity index (χ4v) is 1.37. The van der Waals surface area contributed by atoms with Crippen molar-refractivity contribution in [1.29, 1.82) is 0 Å². The minimum Gasteiger partial charge on any atom is -0.480 e. The van der Waals surface area contributed by atoms with Crippen molar-refractivity contribution in [2.24, 2.45) is 5.73 Å². The summed E-state index contributed by atoms with van der Waals surface area (Å²) < 4.78 is 0. The fourth-order valence-electron chi connectivity index (χ4n) is 1.37. The zero-order valence-corrected chi connectivity index (χ0v) is 8.06. The summed E-state index contributed by atoms with van der Waals surface area (Å²) in [7, 11) is 0. The number of hydrogen-bond donors (Lipinski definition) is 3. The molecule has 0 aliphatic carbocycles. The van der Waals surface area contributed by atoms with E-state index in [0.717, 1.165) is 0 Å². The number of amides is 1. The molecule has 0 aromatic rings. The van der Waals surface area contributed by atoms with Gasteiger partial charge >= 0.3 is 5.97 Å². The van der Waals surface area contributed by atoms with E-state index in [1.165, 1.54) is 5.01 Å². The van der Waals surface area contributed by atoms with Crippen LogP contribution in [0.5, 0.6) is 0 Å². The van der Waals surface area contributed by atoms with Crippen LogP contribution in [0.25, 0.3) is 0 Å². The molecule has 1 saturated heterocycles. The fraction of sp³-hybridized carbons (Fsp3) is 0.750. The highest BCUT2D eigenvalue weighted by atomic mass is 16.4. The molecule has 1 heterocycles. The van der Waals surface area contributed by atoms with Crippen LogP contribution in [0.1, 0.15) is 19.8 Å². The van der Waals surface area contributed by atoms with Crippen molar-refractivity contribution in [1.82, 2.24) is 10.4 Å². The van der Waals surface area contributed by atoms with Gasteiger partial charge in [0.15, 0.2) is 0 Å². The van der Waals surface area contributed by atoms with E-state index in [-0.39, 0.29) is 5.91 Å². The first-order valence-electron chi connectivity index (χ1n) is 4.58. The second-order valence-electron chi connectivity index (χ2n) is 3.44. The summed E-state index contributed by atoms with van der Waals surface area (Å²) in [6.45, 7) is 2.10. The van der Waals surface area contributed by atoms with E-state index in [4.69, 9.17) is 10.8 Å². The van der Waals surface area contributed by atoms with Crippen molar-refractivity contribution in [3.8, 4) is 0 Å². The Morgan fingerprint density at radius 1 is 1.64 bits per heavy atom. The number of carboxylic acids is 1. The van der Waals surface area contributed by atoms with Gasteiger partial charge in [-0.25, -0.2) is 5.43 Å². The molecule has 0 aromatic carbocycles. The first-order chi connectivity index (χ1) is 6.52. The molecule has 0 aromatic heterocycles. The lowest BCUT2D eigenvalue weighted by molar-refractivity contribution is -0.147. The topological polar surface area (TPSA) is 95.7 Å². The molecule has 1 fully saturated rings. The highest BCUT2D eigenvalue weighted by Crippen LogP contribution is 2.08. The Balaban J connectivity index is 2.56. The maximum atomic E-state index is 11.4. The van der Waals surface area contributed by atoms with Gasteiger partial charge in [-0.05, 0) is 19.8 Å². The van der Waals surface area contributed by atoms with E-state index in [9.17, 15) is 9.59 Å². The van der Waals surface area contributed by atoms with Gasteiger partial charge < -0.3 is 10.8 Å². The Morgan fingerprint density at radius 3 is 2.79 bits per heavy atom. The van der Waals surface area contributed by atoms with Crippen LogP contribution in [0, 0.1) is 0 Å². The number of carbonyl (C=O) groups is 2. The molecule has 6 nitrogen and oxygen atoms in total. The summed E-state index contributed by atoms with van der Waals surface area (Å²) in [5.41, 5.74) is 8.05. The number of rotatable bonds is 2. The van der Waals surface area contributed by atoms with Crippen LogP contribution < -0.4 is 11.2 Å². The molecule has 0 spiro atoms. The largest absolute Gasteiger partial charge is 0.480 e. The number of nitrogens with zero attached hydrogens (tertiary/aromatic N) is 1. The number of carbonyl (C=O) groups excluding carboxylic acids is 1. The molecular weight excluding hydrogens is 186 g/mol. The predicted molar refractivity (Wildman–Crippen MR) is 49.2 cm³/mol. The van der Waals surface area contributed by atoms with Crippen LogP contribution in [0.4, 0.5) is 0 Å². The molecule has 1 rings (SSSR count). The van der Waals surface area contributed by atoms with Gasteiger partial charge in [-0.3, -0.25) is 14.6 Å². The van der Waals surface area contributed by atoms with E-state index >= 15 is 0 Å². The van der Waals surface area contributed by atoms with Crippen LogP contribution in [0.2, 0.25) is 0 Å². The first kappa shape index (κ1) is 10.9. The Bertz CT molecular complexity index is 242. The summed E-state index contributed by atoms with van der Waals surface area (Å²) in [6, 6.07) is -1.28. The second kappa shape index (κ2) is 4.39. The molecule has 1 unspecified atom stereocenters. The Kier molecular flexibility index (Phi) is 3.43. The number of nitrogens with two attached hydrogens (primary N) is 1. The number of hydrogen-bond acceptors (Lipinski definition) is 4. The van der Waals surface area contributed by atoms with Crippen molar-refractivity contribution in [2.45, 2.75) is 31.8 Å². The standard InChI is InChI=1S/C8H15N3O3/c1-5(9)7(12)11-4-2-3-6(10-11)8(13)14/h5-6,10H,2-4,9H2,1H3,(H,13,14)/t5?,6-/m0/s1. The van der Waals surface area contributed by atoms with E-state index in [0.29, 0.717) is 19.4 Å². The third kappa shape index (κ3) is 2.43. The summed E-state index contributed by atoms with van der Waals surface area (Å²) >= 11 is 0. The van der Waals surface area contributed by atoms with Crippen LogP contribution in [0.15, 0.2) is 0 Å². The summed E-state index contributed by atoms with van der Waals surface area (Å²) in [5, 5.41) is 10.0. The smallest absolute Gasteiger partial charge is 0.322 e. The van der Waals surface area contributed by atoms with Gasteiger partial charge in [0.2, 0.25) is 0 Å². The zero-order valence-electron chi connectivity index (χ0n) is 8.06. The van der Waals surface area contributed by atoms with Gasteiger partial charge in [-0.2, -0.15) is 0 Å². The van der Waals surface area contributed by atoms with Gasteiger partial charge in [-0.15, -0.1) is 0 Å². The Hall–Kier alpha value is -1.14. The van der Waals surface area contributed by atoms with Gasteiger partial charge in [0.05, 0.1) is 6.04 Å². The van der Waals surface area contributed by atoms with Crippen LogP contribution in [0.3, 0.4) is 0 Å².